The molecule has 0 saturated carbocycles. The number of nitrogens with one attached hydrogen (secondary N) is 1. The SMILES string of the molecule is O=C(Nc1nnc(-c2ccc(Cl)cc2Cl)s1)c1ccc(F)cc1. The molecule has 0 unspecified atom stereocenters. The fraction of sp³-hybridized carbons (Fsp3) is 0. The van der Waals surface area contributed by atoms with E-state index in [0.717, 1.165) is 0 Å². The van der Waals surface area contributed by atoms with Gasteiger partial charge in [0.05, 0.1) is 5.02 Å². The van der Waals surface area contributed by atoms with Crippen molar-refractivity contribution in [2.24, 2.45) is 0 Å². The molecule has 0 aliphatic rings. The van der Waals surface area contributed by atoms with Gasteiger partial charge in [-0.15, -0.1) is 10.2 Å². The van der Waals surface area contributed by atoms with Gasteiger partial charge in [-0.3, -0.25) is 10.1 Å². The van der Waals surface area contributed by atoms with Crippen LogP contribution in [-0.2, 0) is 0 Å². The topological polar surface area (TPSA) is 54.9 Å². The molecule has 0 fully saturated rings. The Balaban J connectivity index is 1.79. The minimum absolute atomic E-state index is 0.320. The molecule has 1 N–H and O–H groups in total. The van der Waals surface area contributed by atoms with Gasteiger partial charge in [-0.25, -0.2) is 4.39 Å². The van der Waals surface area contributed by atoms with Crippen molar-refractivity contribution < 1.29 is 9.18 Å². The minimum Gasteiger partial charge on any atom is -0.296 e. The summed E-state index contributed by atoms with van der Waals surface area (Å²) in [5.74, 6) is -0.799. The highest BCUT2D eigenvalue weighted by atomic mass is 35.5. The molecule has 0 bridgehead atoms. The van der Waals surface area contributed by atoms with E-state index in [1.165, 1.54) is 35.6 Å². The molecule has 116 valence electrons. The Morgan fingerprint density at radius 2 is 1.83 bits per heavy atom. The summed E-state index contributed by atoms with van der Waals surface area (Å²) in [6.45, 7) is 0. The van der Waals surface area contributed by atoms with Crippen LogP contribution in [0.2, 0.25) is 10.0 Å². The molecule has 3 rings (SSSR count). The smallest absolute Gasteiger partial charge is 0.257 e. The predicted octanol–water partition coefficient (Wildman–Crippen LogP) is 4.90. The second kappa shape index (κ2) is 6.62. The van der Waals surface area contributed by atoms with Crippen molar-refractivity contribution in [3.8, 4) is 10.6 Å². The highest BCUT2D eigenvalue weighted by molar-refractivity contribution is 7.18. The Morgan fingerprint density at radius 3 is 2.52 bits per heavy atom. The van der Waals surface area contributed by atoms with Gasteiger partial charge in [-0.1, -0.05) is 34.5 Å². The number of carbonyl (C=O) groups excluding carboxylic acids is 1. The van der Waals surface area contributed by atoms with Gasteiger partial charge in [0.15, 0.2) is 5.01 Å². The number of hydrogen-bond donors (Lipinski definition) is 1. The van der Waals surface area contributed by atoms with Crippen molar-refractivity contribution >= 4 is 45.6 Å². The molecule has 2 aromatic carbocycles. The average Bonchev–Trinajstić information content (AvgIpc) is 2.96. The van der Waals surface area contributed by atoms with Crippen LogP contribution in [-0.4, -0.2) is 16.1 Å². The second-order valence-electron chi connectivity index (χ2n) is 4.50. The second-order valence-corrected chi connectivity index (χ2v) is 6.32. The van der Waals surface area contributed by atoms with Crippen LogP contribution in [0.25, 0.3) is 10.6 Å². The van der Waals surface area contributed by atoms with E-state index in [1.807, 2.05) is 0 Å². The number of rotatable bonds is 3. The fourth-order valence-corrected chi connectivity index (χ4v) is 3.15. The summed E-state index contributed by atoms with van der Waals surface area (Å²) >= 11 is 13.2. The van der Waals surface area contributed by atoms with Gasteiger partial charge in [-0.05, 0) is 42.5 Å². The number of hydrogen-bond acceptors (Lipinski definition) is 4. The number of anilines is 1. The van der Waals surface area contributed by atoms with E-state index in [9.17, 15) is 9.18 Å². The molecule has 0 saturated heterocycles. The van der Waals surface area contributed by atoms with E-state index >= 15 is 0 Å². The van der Waals surface area contributed by atoms with Gasteiger partial charge in [0.25, 0.3) is 5.91 Å². The van der Waals surface area contributed by atoms with Gasteiger partial charge >= 0.3 is 0 Å². The minimum atomic E-state index is -0.405. The summed E-state index contributed by atoms with van der Waals surface area (Å²) in [6.07, 6.45) is 0. The van der Waals surface area contributed by atoms with E-state index in [-0.39, 0.29) is 0 Å². The highest BCUT2D eigenvalue weighted by Crippen LogP contribution is 2.33. The van der Waals surface area contributed by atoms with Gasteiger partial charge in [0.1, 0.15) is 5.82 Å². The maximum Gasteiger partial charge on any atom is 0.257 e. The first-order valence-corrected chi connectivity index (χ1v) is 7.96. The van der Waals surface area contributed by atoms with Gasteiger partial charge in [-0.2, -0.15) is 0 Å². The van der Waals surface area contributed by atoms with Crippen LogP contribution in [0.15, 0.2) is 42.5 Å². The number of aromatic nitrogens is 2. The average molecular weight is 368 g/mol. The van der Waals surface area contributed by atoms with Crippen molar-refractivity contribution in [2.45, 2.75) is 0 Å². The van der Waals surface area contributed by atoms with Crippen LogP contribution >= 0.6 is 34.5 Å². The van der Waals surface area contributed by atoms with Crippen molar-refractivity contribution in [2.75, 3.05) is 5.32 Å². The zero-order valence-electron chi connectivity index (χ0n) is 11.4. The summed E-state index contributed by atoms with van der Waals surface area (Å²) in [6, 6.07) is 10.3. The third-order valence-electron chi connectivity index (χ3n) is 2.91. The standard InChI is InChI=1S/C15H8Cl2FN3OS/c16-9-3-6-11(12(17)7-9)14-20-21-15(23-14)19-13(22)8-1-4-10(18)5-2-8/h1-7H,(H,19,21,22). The quantitative estimate of drug-likeness (QED) is 0.715. The molecule has 1 aromatic heterocycles. The maximum atomic E-state index is 12.9. The van der Waals surface area contributed by atoms with Crippen LogP contribution < -0.4 is 5.32 Å². The predicted molar refractivity (Wildman–Crippen MR) is 89.7 cm³/mol. The molecule has 1 amide bonds. The van der Waals surface area contributed by atoms with Gasteiger partial charge in [0, 0.05) is 16.1 Å². The highest BCUT2D eigenvalue weighted by Gasteiger charge is 2.13. The molecule has 0 atom stereocenters. The summed E-state index contributed by atoms with van der Waals surface area (Å²) in [5.41, 5.74) is 1.00. The monoisotopic (exact) mass is 367 g/mol. The van der Waals surface area contributed by atoms with E-state index < -0.39 is 11.7 Å². The summed E-state index contributed by atoms with van der Waals surface area (Å²) in [7, 11) is 0. The summed E-state index contributed by atoms with van der Waals surface area (Å²) < 4.78 is 12.9. The number of amides is 1. The lowest BCUT2D eigenvalue weighted by Gasteiger charge is -2.01. The van der Waals surface area contributed by atoms with Crippen molar-refractivity contribution in [1.82, 2.24) is 10.2 Å². The molecule has 3 aromatic rings. The lowest BCUT2D eigenvalue weighted by atomic mass is 10.2. The molecule has 0 aliphatic heterocycles. The van der Waals surface area contributed by atoms with Crippen LogP contribution in [0.5, 0.6) is 0 Å². The molecule has 0 spiro atoms. The molecule has 4 nitrogen and oxygen atoms in total. The van der Waals surface area contributed by atoms with Crippen LogP contribution in [0.4, 0.5) is 9.52 Å². The first-order chi connectivity index (χ1) is 11.0. The first-order valence-electron chi connectivity index (χ1n) is 6.39. The Labute approximate surface area is 144 Å². The largest absolute Gasteiger partial charge is 0.296 e. The number of benzene rings is 2. The normalized spacial score (nSPS) is 10.6. The van der Waals surface area contributed by atoms with E-state index in [1.54, 1.807) is 18.2 Å². The molecule has 1 heterocycles. The Morgan fingerprint density at radius 1 is 1.09 bits per heavy atom. The van der Waals surface area contributed by atoms with Crippen LogP contribution in [0.3, 0.4) is 0 Å². The lowest BCUT2D eigenvalue weighted by Crippen LogP contribution is -2.11. The zero-order chi connectivity index (χ0) is 16.4. The Bertz CT molecular complexity index is 867. The first kappa shape index (κ1) is 15.9. The van der Waals surface area contributed by atoms with Crippen molar-refractivity contribution in [3.63, 3.8) is 0 Å². The van der Waals surface area contributed by atoms with Crippen LogP contribution in [0.1, 0.15) is 10.4 Å². The number of halogens is 3. The summed E-state index contributed by atoms with van der Waals surface area (Å²) in [5, 5.41) is 12.4. The third kappa shape index (κ3) is 3.67. The number of nitrogens with zero attached hydrogens (tertiary/aromatic N) is 2. The zero-order valence-corrected chi connectivity index (χ0v) is 13.7. The Kier molecular flexibility index (Phi) is 4.56. The fourth-order valence-electron chi connectivity index (χ4n) is 1.82. The molecule has 0 radical (unpaired) electrons. The molecular formula is C15H8Cl2FN3OS. The third-order valence-corrected chi connectivity index (χ3v) is 4.33. The van der Waals surface area contributed by atoms with Crippen molar-refractivity contribution in [3.05, 3.63) is 63.9 Å². The Hall–Kier alpha value is -2.02. The summed E-state index contributed by atoms with van der Waals surface area (Å²) in [4.78, 5) is 12.0. The van der Waals surface area contributed by atoms with Gasteiger partial charge < -0.3 is 0 Å². The van der Waals surface area contributed by atoms with Crippen molar-refractivity contribution in [1.29, 1.82) is 0 Å². The molecule has 23 heavy (non-hydrogen) atoms. The maximum absolute atomic E-state index is 12.9. The van der Waals surface area contributed by atoms with E-state index in [0.29, 0.717) is 31.3 Å². The lowest BCUT2D eigenvalue weighted by molar-refractivity contribution is 0.102. The van der Waals surface area contributed by atoms with E-state index in [2.05, 4.69) is 15.5 Å². The molecular weight excluding hydrogens is 360 g/mol. The molecule has 0 aliphatic carbocycles. The molecule has 8 heteroatoms. The van der Waals surface area contributed by atoms with Crippen LogP contribution in [0, 0.1) is 5.82 Å². The van der Waals surface area contributed by atoms with Gasteiger partial charge in [0.2, 0.25) is 5.13 Å². The van der Waals surface area contributed by atoms with E-state index in [4.69, 9.17) is 23.2 Å². The number of carbonyl (C=O) groups is 1.